The van der Waals surface area contributed by atoms with Gasteiger partial charge in [-0.2, -0.15) is 13.2 Å². The molecule has 2 heterocycles. The number of aryl methyl sites for hydroxylation is 1. The minimum atomic E-state index is -4.34. The summed E-state index contributed by atoms with van der Waals surface area (Å²) in [5.41, 5.74) is 2.33. The Bertz CT molecular complexity index is 1140. The SMILES string of the molecule is COc1cc(C(=O)N[C@H]2CCCN(Cc3ccc(C(F)(F)F)cc3)C2)ccc1-n1cnc(C)c1. The average molecular weight is 473 g/mol. The molecule has 9 heteroatoms. The van der Waals surface area contributed by atoms with Crippen molar-refractivity contribution >= 4 is 5.91 Å². The standard InChI is InChI=1S/C25H27F3N4O2/c1-17-13-32(16-29-17)22-10-7-19(12-23(22)34-2)24(33)30-21-4-3-11-31(15-21)14-18-5-8-20(9-6-18)25(26,27)28/h5-10,12-13,16,21H,3-4,11,14-15H2,1-2H3,(H,30,33)/t21-/m0/s1. The molecule has 2 aromatic carbocycles. The summed E-state index contributed by atoms with van der Waals surface area (Å²) in [6.07, 6.45) is 0.981. The van der Waals surface area contributed by atoms with Crippen LogP contribution in [0.4, 0.5) is 13.2 Å². The number of nitrogens with zero attached hydrogens (tertiary/aromatic N) is 3. The zero-order chi connectivity index (χ0) is 24.3. The van der Waals surface area contributed by atoms with Gasteiger partial charge in [-0.1, -0.05) is 12.1 Å². The molecule has 0 radical (unpaired) electrons. The Morgan fingerprint density at radius 3 is 2.62 bits per heavy atom. The summed E-state index contributed by atoms with van der Waals surface area (Å²) in [5.74, 6) is 0.380. The van der Waals surface area contributed by atoms with Crippen LogP contribution in [-0.2, 0) is 12.7 Å². The first kappa shape index (κ1) is 23.8. The quantitative estimate of drug-likeness (QED) is 0.570. The number of aromatic nitrogens is 2. The molecule has 4 rings (SSSR count). The minimum absolute atomic E-state index is 0.0438. The number of carbonyl (C=O) groups excluding carboxylic acids is 1. The highest BCUT2D eigenvalue weighted by Gasteiger charge is 2.30. The summed E-state index contributed by atoms with van der Waals surface area (Å²) in [4.78, 5) is 19.3. The summed E-state index contributed by atoms with van der Waals surface area (Å²) in [5, 5.41) is 3.09. The topological polar surface area (TPSA) is 59.4 Å². The second-order valence-electron chi connectivity index (χ2n) is 8.55. The van der Waals surface area contributed by atoms with Crippen molar-refractivity contribution in [3.63, 3.8) is 0 Å². The predicted molar refractivity (Wildman–Crippen MR) is 122 cm³/mol. The number of halogens is 3. The third-order valence-corrected chi connectivity index (χ3v) is 5.96. The van der Waals surface area contributed by atoms with Crippen molar-refractivity contribution in [1.29, 1.82) is 0 Å². The summed E-state index contributed by atoms with van der Waals surface area (Å²) >= 11 is 0. The molecule has 0 bridgehead atoms. The maximum Gasteiger partial charge on any atom is 0.416 e. The Hall–Kier alpha value is -3.33. The van der Waals surface area contributed by atoms with E-state index in [1.807, 2.05) is 23.8 Å². The smallest absolute Gasteiger partial charge is 0.416 e. The molecular formula is C25H27F3N4O2. The minimum Gasteiger partial charge on any atom is -0.495 e. The molecule has 1 aromatic heterocycles. The van der Waals surface area contributed by atoms with E-state index >= 15 is 0 Å². The van der Waals surface area contributed by atoms with E-state index in [4.69, 9.17) is 4.74 Å². The number of hydrogen-bond donors (Lipinski definition) is 1. The highest BCUT2D eigenvalue weighted by molar-refractivity contribution is 5.95. The fourth-order valence-electron chi connectivity index (χ4n) is 4.23. The number of methoxy groups -OCH3 is 1. The Morgan fingerprint density at radius 1 is 1.21 bits per heavy atom. The third-order valence-electron chi connectivity index (χ3n) is 5.96. The number of ether oxygens (including phenoxy) is 1. The molecule has 1 aliphatic rings. The van der Waals surface area contributed by atoms with Gasteiger partial charge in [0.2, 0.25) is 0 Å². The number of hydrogen-bond acceptors (Lipinski definition) is 4. The third kappa shape index (κ3) is 5.59. The molecule has 1 fully saturated rings. The van der Waals surface area contributed by atoms with Gasteiger partial charge >= 0.3 is 6.18 Å². The maximum atomic E-state index is 12.9. The first-order valence-corrected chi connectivity index (χ1v) is 11.1. The molecule has 3 aromatic rings. The van der Waals surface area contributed by atoms with Crippen LogP contribution >= 0.6 is 0 Å². The van der Waals surface area contributed by atoms with Gasteiger partial charge in [-0.05, 0) is 62.2 Å². The van der Waals surface area contributed by atoms with E-state index in [0.717, 1.165) is 48.5 Å². The lowest BCUT2D eigenvalue weighted by Crippen LogP contribution is -2.47. The van der Waals surface area contributed by atoms with Crippen LogP contribution in [0.2, 0.25) is 0 Å². The zero-order valence-corrected chi connectivity index (χ0v) is 19.1. The summed E-state index contributed by atoms with van der Waals surface area (Å²) < 4.78 is 45.7. The van der Waals surface area contributed by atoms with E-state index in [0.29, 0.717) is 24.4 Å². The van der Waals surface area contributed by atoms with Gasteiger partial charge in [-0.3, -0.25) is 9.69 Å². The second kappa shape index (κ2) is 9.89. The average Bonchev–Trinajstić information content (AvgIpc) is 3.24. The Balaban J connectivity index is 1.38. The number of nitrogens with one attached hydrogen (secondary N) is 1. The van der Waals surface area contributed by atoms with E-state index in [1.165, 1.54) is 12.1 Å². The predicted octanol–water partition coefficient (Wildman–Crippen LogP) is 4.60. The van der Waals surface area contributed by atoms with Crippen LogP contribution in [0, 0.1) is 6.92 Å². The highest BCUT2D eigenvalue weighted by Crippen LogP contribution is 2.29. The van der Waals surface area contributed by atoms with Crippen LogP contribution in [0.5, 0.6) is 5.75 Å². The molecule has 1 atom stereocenters. The van der Waals surface area contributed by atoms with Gasteiger partial charge in [-0.25, -0.2) is 4.98 Å². The summed E-state index contributed by atoms with van der Waals surface area (Å²) in [6.45, 7) is 3.91. The second-order valence-corrected chi connectivity index (χ2v) is 8.55. The number of carbonyl (C=O) groups is 1. The van der Waals surface area contributed by atoms with Gasteiger partial charge in [0.15, 0.2) is 0 Å². The van der Waals surface area contributed by atoms with Crippen LogP contribution < -0.4 is 10.1 Å². The highest BCUT2D eigenvalue weighted by atomic mass is 19.4. The van der Waals surface area contributed by atoms with E-state index in [9.17, 15) is 18.0 Å². The summed E-state index contributed by atoms with van der Waals surface area (Å²) in [7, 11) is 1.56. The Kier molecular flexibility index (Phi) is 6.92. The van der Waals surface area contributed by atoms with Crippen molar-refractivity contribution in [3.8, 4) is 11.4 Å². The number of imidazole rings is 1. The number of amides is 1. The van der Waals surface area contributed by atoms with Gasteiger partial charge in [0, 0.05) is 30.9 Å². The number of benzene rings is 2. The lowest BCUT2D eigenvalue weighted by atomic mass is 10.0. The monoisotopic (exact) mass is 472 g/mol. The molecule has 1 amide bonds. The first-order valence-electron chi connectivity index (χ1n) is 11.1. The Labute approximate surface area is 196 Å². The number of likely N-dealkylation sites (tertiary alicyclic amines) is 1. The van der Waals surface area contributed by atoms with E-state index in [1.54, 1.807) is 25.6 Å². The van der Waals surface area contributed by atoms with Crippen molar-refractivity contribution in [2.24, 2.45) is 0 Å². The van der Waals surface area contributed by atoms with Crippen LogP contribution in [0.1, 0.15) is 40.0 Å². The van der Waals surface area contributed by atoms with Crippen molar-refractivity contribution in [2.45, 2.75) is 38.5 Å². The van der Waals surface area contributed by atoms with Crippen molar-refractivity contribution in [3.05, 3.63) is 77.4 Å². The van der Waals surface area contributed by atoms with E-state index in [-0.39, 0.29) is 11.9 Å². The van der Waals surface area contributed by atoms with E-state index < -0.39 is 11.7 Å². The van der Waals surface area contributed by atoms with Crippen LogP contribution in [0.15, 0.2) is 55.0 Å². The molecule has 0 unspecified atom stereocenters. The lowest BCUT2D eigenvalue weighted by molar-refractivity contribution is -0.137. The van der Waals surface area contributed by atoms with Gasteiger partial charge in [-0.15, -0.1) is 0 Å². The molecule has 1 saturated heterocycles. The zero-order valence-electron chi connectivity index (χ0n) is 19.1. The molecule has 180 valence electrons. The largest absolute Gasteiger partial charge is 0.495 e. The lowest BCUT2D eigenvalue weighted by Gasteiger charge is -2.33. The number of rotatable bonds is 6. The molecule has 1 aliphatic heterocycles. The maximum absolute atomic E-state index is 12.9. The van der Waals surface area contributed by atoms with Crippen molar-refractivity contribution in [2.75, 3.05) is 20.2 Å². The van der Waals surface area contributed by atoms with Crippen molar-refractivity contribution < 1.29 is 22.7 Å². The Morgan fingerprint density at radius 2 is 1.97 bits per heavy atom. The summed E-state index contributed by atoms with van der Waals surface area (Å²) in [6, 6.07) is 10.5. The normalized spacial score (nSPS) is 16.9. The fraction of sp³-hybridized carbons (Fsp3) is 0.360. The van der Waals surface area contributed by atoms with Crippen LogP contribution in [0.25, 0.3) is 5.69 Å². The number of piperidine rings is 1. The van der Waals surface area contributed by atoms with Gasteiger partial charge in [0.1, 0.15) is 5.75 Å². The van der Waals surface area contributed by atoms with Crippen molar-refractivity contribution in [1.82, 2.24) is 19.8 Å². The van der Waals surface area contributed by atoms with Gasteiger partial charge in [0.05, 0.1) is 30.4 Å². The fourth-order valence-corrected chi connectivity index (χ4v) is 4.23. The van der Waals surface area contributed by atoms with Crippen LogP contribution in [-0.4, -0.2) is 46.6 Å². The molecule has 1 N–H and O–H groups in total. The number of alkyl halides is 3. The molecular weight excluding hydrogens is 445 g/mol. The first-order chi connectivity index (χ1) is 16.2. The van der Waals surface area contributed by atoms with Crippen LogP contribution in [0.3, 0.4) is 0 Å². The molecule has 0 spiro atoms. The van der Waals surface area contributed by atoms with Gasteiger partial charge < -0.3 is 14.6 Å². The molecule has 0 aliphatic carbocycles. The van der Waals surface area contributed by atoms with E-state index in [2.05, 4.69) is 15.2 Å². The van der Waals surface area contributed by atoms with Gasteiger partial charge in [0.25, 0.3) is 5.91 Å². The molecule has 34 heavy (non-hydrogen) atoms. The molecule has 6 nitrogen and oxygen atoms in total. The molecule has 0 saturated carbocycles.